The fourth-order valence-corrected chi connectivity index (χ4v) is 3.34. The first kappa shape index (κ1) is 21.6. The molecule has 0 heterocycles. The molecule has 0 aromatic heterocycles. The fraction of sp³-hybridized carbons (Fsp3) is 0.500. The predicted octanol–water partition coefficient (Wildman–Crippen LogP) is 7.92. The van der Waals surface area contributed by atoms with Crippen molar-refractivity contribution >= 4 is 0 Å². The molecule has 0 fully saturated rings. The SMILES string of the molecule is CCCCCC(OC(CCCCC)c1ccc(F)cc1)c1ccc(F)cc1. The zero-order valence-electron chi connectivity index (χ0n) is 16.6. The van der Waals surface area contributed by atoms with E-state index in [1.807, 2.05) is 24.3 Å². The Morgan fingerprint density at radius 1 is 0.630 bits per heavy atom. The minimum Gasteiger partial charge on any atom is -0.366 e. The van der Waals surface area contributed by atoms with Crippen molar-refractivity contribution in [2.75, 3.05) is 0 Å². The van der Waals surface area contributed by atoms with Crippen LogP contribution in [0.1, 0.15) is 88.5 Å². The Labute approximate surface area is 162 Å². The van der Waals surface area contributed by atoms with E-state index >= 15 is 0 Å². The van der Waals surface area contributed by atoms with Crippen LogP contribution in [0, 0.1) is 11.6 Å². The van der Waals surface area contributed by atoms with Gasteiger partial charge >= 0.3 is 0 Å². The van der Waals surface area contributed by atoms with Crippen molar-refractivity contribution in [2.24, 2.45) is 0 Å². The van der Waals surface area contributed by atoms with Crippen LogP contribution in [-0.4, -0.2) is 0 Å². The van der Waals surface area contributed by atoms with Gasteiger partial charge in [0, 0.05) is 0 Å². The van der Waals surface area contributed by atoms with Gasteiger partial charge in [0.05, 0.1) is 12.2 Å². The van der Waals surface area contributed by atoms with Crippen molar-refractivity contribution < 1.29 is 13.5 Å². The number of benzene rings is 2. The molecule has 2 rings (SSSR count). The predicted molar refractivity (Wildman–Crippen MR) is 108 cm³/mol. The standard InChI is InChI=1S/C24H32F2O/c1-3-5-7-9-23(19-11-15-21(25)16-12-19)27-24(10-8-6-4-2)20-13-17-22(26)18-14-20/h11-18,23-24H,3-10H2,1-2H3. The third-order valence-corrected chi connectivity index (χ3v) is 4.95. The molecule has 0 radical (unpaired) electrons. The van der Waals surface area contributed by atoms with Gasteiger partial charge in [0.2, 0.25) is 0 Å². The molecule has 0 aliphatic heterocycles. The van der Waals surface area contributed by atoms with Crippen molar-refractivity contribution in [1.29, 1.82) is 0 Å². The van der Waals surface area contributed by atoms with Gasteiger partial charge in [-0.05, 0) is 48.2 Å². The average molecular weight is 375 g/mol. The van der Waals surface area contributed by atoms with E-state index in [0.29, 0.717) is 0 Å². The Morgan fingerprint density at radius 2 is 1.00 bits per heavy atom. The molecule has 148 valence electrons. The maximum Gasteiger partial charge on any atom is 0.123 e. The number of halogens is 2. The van der Waals surface area contributed by atoms with Crippen LogP contribution >= 0.6 is 0 Å². The summed E-state index contributed by atoms with van der Waals surface area (Å²) in [5.74, 6) is -0.465. The summed E-state index contributed by atoms with van der Waals surface area (Å²) < 4.78 is 33.3. The van der Waals surface area contributed by atoms with E-state index in [4.69, 9.17) is 4.74 Å². The van der Waals surface area contributed by atoms with Crippen LogP contribution in [0.3, 0.4) is 0 Å². The number of hydrogen-bond acceptors (Lipinski definition) is 1. The number of hydrogen-bond donors (Lipinski definition) is 0. The number of rotatable bonds is 12. The molecule has 2 aromatic carbocycles. The van der Waals surface area contributed by atoms with Crippen LogP contribution in [0.25, 0.3) is 0 Å². The van der Waals surface area contributed by atoms with Crippen molar-refractivity contribution in [3.63, 3.8) is 0 Å². The minimum absolute atomic E-state index is 0.0752. The topological polar surface area (TPSA) is 9.23 Å². The summed E-state index contributed by atoms with van der Waals surface area (Å²) in [6.45, 7) is 4.36. The van der Waals surface area contributed by atoms with Crippen molar-refractivity contribution in [1.82, 2.24) is 0 Å². The lowest BCUT2D eigenvalue weighted by molar-refractivity contribution is -0.0263. The minimum atomic E-state index is -0.232. The van der Waals surface area contributed by atoms with Gasteiger partial charge < -0.3 is 4.74 Å². The molecule has 0 saturated carbocycles. The highest BCUT2D eigenvalue weighted by Crippen LogP contribution is 2.34. The first-order valence-electron chi connectivity index (χ1n) is 10.3. The lowest BCUT2D eigenvalue weighted by Crippen LogP contribution is -2.11. The third kappa shape index (κ3) is 7.42. The molecule has 1 nitrogen and oxygen atoms in total. The van der Waals surface area contributed by atoms with E-state index in [0.717, 1.165) is 62.5 Å². The zero-order chi connectivity index (χ0) is 19.5. The molecule has 0 saturated heterocycles. The highest BCUT2D eigenvalue weighted by molar-refractivity contribution is 5.21. The molecule has 0 aliphatic carbocycles. The smallest absolute Gasteiger partial charge is 0.123 e. The molecule has 0 aliphatic rings. The molecule has 0 spiro atoms. The highest BCUT2D eigenvalue weighted by Gasteiger charge is 2.20. The maximum absolute atomic E-state index is 13.4. The summed E-state index contributed by atoms with van der Waals surface area (Å²) in [5, 5.41) is 0. The van der Waals surface area contributed by atoms with Gasteiger partial charge in [0.15, 0.2) is 0 Å². The Hall–Kier alpha value is -1.74. The quantitative estimate of drug-likeness (QED) is 0.343. The Bertz CT molecular complexity index is 579. The Balaban J connectivity index is 2.18. The first-order valence-corrected chi connectivity index (χ1v) is 10.3. The second-order valence-electron chi connectivity index (χ2n) is 7.21. The van der Waals surface area contributed by atoms with Crippen molar-refractivity contribution in [2.45, 2.75) is 77.4 Å². The summed E-state index contributed by atoms with van der Waals surface area (Å²) in [6.07, 6.45) is 8.41. The van der Waals surface area contributed by atoms with Gasteiger partial charge in [0.1, 0.15) is 11.6 Å². The second-order valence-corrected chi connectivity index (χ2v) is 7.21. The summed E-state index contributed by atoms with van der Waals surface area (Å²) in [5.41, 5.74) is 2.02. The Kier molecular flexibility index (Phi) is 9.47. The molecule has 3 heteroatoms. The molecule has 0 bridgehead atoms. The fourth-order valence-electron chi connectivity index (χ4n) is 3.34. The van der Waals surface area contributed by atoms with E-state index in [2.05, 4.69) is 13.8 Å². The zero-order valence-corrected chi connectivity index (χ0v) is 16.6. The van der Waals surface area contributed by atoms with E-state index in [1.165, 1.54) is 24.3 Å². The third-order valence-electron chi connectivity index (χ3n) is 4.95. The summed E-state index contributed by atoms with van der Waals surface area (Å²) in [7, 11) is 0. The lowest BCUT2D eigenvalue weighted by atomic mass is 9.99. The highest BCUT2D eigenvalue weighted by atomic mass is 19.1. The van der Waals surface area contributed by atoms with Gasteiger partial charge in [-0.15, -0.1) is 0 Å². The first-order chi connectivity index (χ1) is 13.1. The van der Waals surface area contributed by atoms with Crippen LogP contribution in [0.2, 0.25) is 0 Å². The van der Waals surface area contributed by atoms with Crippen LogP contribution in [0.4, 0.5) is 8.78 Å². The average Bonchev–Trinajstić information content (AvgIpc) is 2.68. The normalized spacial score (nSPS) is 13.5. The summed E-state index contributed by atoms with van der Waals surface area (Å²) >= 11 is 0. The van der Waals surface area contributed by atoms with E-state index in [9.17, 15) is 8.78 Å². The Morgan fingerprint density at radius 3 is 1.33 bits per heavy atom. The molecule has 2 atom stereocenters. The van der Waals surface area contributed by atoms with Crippen LogP contribution < -0.4 is 0 Å². The largest absolute Gasteiger partial charge is 0.366 e. The molecular weight excluding hydrogens is 342 g/mol. The van der Waals surface area contributed by atoms with Gasteiger partial charge in [0.25, 0.3) is 0 Å². The van der Waals surface area contributed by atoms with Gasteiger partial charge in [-0.3, -0.25) is 0 Å². The van der Waals surface area contributed by atoms with Gasteiger partial charge in [-0.1, -0.05) is 76.6 Å². The van der Waals surface area contributed by atoms with E-state index in [1.54, 1.807) is 0 Å². The van der Waals surface area contributed by atoms with Crippen LogP contribution in [0.5, 0.6) is 0 Å². The molecule has 27 heavy (non-hydrogen) atoms. The van der Waals surface area contributed by atoms with Gasteiger partial charge in [-0.25, -0.2) is 8.78 Å². The monoisotopic (exact) mass is 374 g/mol. The van der Waals surface area contributed by atoms with Crippen LogP contribution in [0.15, 0.2) is 48.5 Å². The maximum atomic E-state index is 13.4. The molecule has 2 unspecified atom stereocenters. The summed E-state index contributed by atoms with van der Waals surface area (Å²) in [4.78, 5) is 0. The van der Waals surface area contributed by atoms with Crippen LogP contribution in [-0.2, 0) is 4.74 Å². The number of ether oxygens (including phenoxy) is 1. The molecule has 0 amide bonds. The van der Waals surface area contributed by atoms with Crippen molar-refractivity contribution in [3.8, 4) is 0 Å². The summed E-state index contributed by atoms with van der Waals surface area (Å²) in [6, 6.07) is 13.3. The second kappa shape index (κ2) is 11.9. The van der Waals surface area contributed by atoms with E-state index in [-0.39, 0.29) is 23.8 Å². The molecule has 0 N–H and O–H groups in total. The lowest BCUT2D eigenvalue weighted by Gasteiger charge is -2.26. The van der Waals surface area contributed by atoms with E-state index < -0.39 is 0 Å². The molecule has 2 aromatic rings. The number of unbranched alkanes of at least 4 members (excludes halogenated alkanes) is 4. The molecular formula is C24H32F2O. The van der Waals surface area contributed by atoms with Gasteiger partial charge in [-0.2, -0.15) is 0 Å². The van der Waals surface area contributed by atoms with Crippen molar-refractivity contribution in [3.05, 3.63) is 71.3 Å².